The second kappa shape index (κ2) is 10.2. The summed E-state index contributed by atoms with van der Waals surface area (Å²) in [5.41, 5.74) is 9.55. The summed E-state index contributed by atoms with van der Waals surface area (Å²) in [6.07, 6.45) is 6.45. The molecule has 0 saturated carbocycles. The summed E-state index contributed by atoms with van der Waals surface area (Å²) >= 11 is 0. The lowest BCUT2D eigenvalue weighted by molar-refractivity contribution is 0.102. The first-order chi connectivity index (χ1) is 18.7. The highest BCUT2D eigenvalue weighted by Gasteiger charge is 2.45. The van der Waals surface area contributed by atoms with E-state index < -0.39 is 0 Å². The lowest BCUT2D eigenvalue weighted by Crippen LogP contribution is -2.29. The number of amides is 1. The number of rotatable bonds is 8. The molecule has 0 fully saturated rings. The molecule has 0 aliphatic heterocycles. The molecule has 188 valence electrons. The van der Waals surface area contributed by atoms with Gasteiger partial charge in [0.1, 0.15) is 0 Å². The first-order valence-corrected chi connectivity index (χ1v) is 13.4. The number of carbonyl (C=O) groups is 1. The summed E-state index contributed by atoms with van der Waals surface area (Å²) in [5, 5.41) is 2.99. The third-order valence-electron chi connectivity index (χ3n) is 7.96. The summed E-state index contributed by atoms with van der Waals surface area (Å²) < 4.78 is 2.29. The van der Waals surface area contributed by atoms with E-state index in [9.17, 15) is 4.79 Å². The van der Waals surface area contributed by atoms with Crippen molar-refractivity contribution >= 4 is 11.6 Å². The molecule has 1 N–H and O–H groups in total. The van der Waals surface area contributed by atoms with E-state index in [1.54, 1.807) is 0 Å². The van der Waals surface area contributed by atoms with Crippen LogP contribution in [0.4, 0.5) is 5.69 Å². The number of nitrogens with one attached hydrogen (secondary N) is 1. The molecule has 4 aromatic carbocycles. The number of nitrogens with zero attached hydrogens (tertiary/aromatic N) is 1. The van der Waals surface area contributed by atoms with Crippen LogP contribution in [0.15, 0.2) is 121 Å². The Bertz CT molecular complexity index is 1520. The highest BCUT2D eigenvalue weighted by atomic mass is 16.1. The fraction of sp³-hybridized carbons (Fsp3) is 0.171. The van der Waals surface area contributed by atoms with Gasteiger partial charge in [0.15, 0.2) is 0 Å². The molecule has 1 aliphatic rings. The van der Waals surface area contributed by atoms with Gasteiger partial charge >= 0.3 is 0 Å². The summed E-state index contributed by atoms with van der Waals surface area (Å²) in [4.78, 5) is 12.4. The third-order valence-corrected chi connectivity index (χ3v) is 7.96. The predicted octanol–water partition coefficient (Wildman–Crippen LogP) is 8.01. The molecule has 0 atom stereocenters. The van der Waals surface area contributed by atoms with Crippen LogP contribution < -0.4 is 5.32 Å². The van der Waals surface area contributed by atoms with Gasteiger partial charge in [-0.2, -0.15) is 0 Å². The molecule has 1 aliphatic carbocycles. The van der Waals surface area contributed by atoms with Gasteiger partial charge in [-0.05, 0) is 83.5 Å². The predicted molar refractivity (Wildman–Crippen MR) is 156 cm³/mol. The molecule has 1 aromatic heterocycles. The molecule has 6 rings (SSSR count). The van der Waals surface area contributed by atoms with Crippen LogP contribution in [0.2, 0.25) is 0 Å². The zero-order valence-electron chi connectivity index (χ0n) is 21.7. The number of benzene rings is 4. The SMILES string of the molecule is Cn1cccc1C1(CCCCc2ccc(NC(=O)c3ccccc3)cc2)c2ccccc2-c2ccccc21. The van der Waals surface area contributed by atoms with Crippen LogP contribution in [0.5, 0.6) is 0 Å². The molecule has 0 spiro atoms. The van der Waals surface area contributed by atoms with Crippen molar-refractivity contribution in [3.63, 3.8) is 0 Å². The normalized spacial score (nSPS) is 13.1. The first-order valence-electron chi connectivity index (χ1n) is 13.4. The van der Waals surface area contributed by atoms with Gasteiger partial charge in [0.25, 0.3) is 5.91 Å². The molecule has 0 saturated heterocycles. The van der Waals surface area contributed by atoms with Crippen molar-refractivity contribution < 1.29 is 4.79 Å². The zero-order valence-corrected chi connectivity index (χ0v) is 21.7. The fourth-order valence-corrected chi connectivity index (χ4v) is 6.17. The Hall–Kier alpha value is -4.37. The number of unbranched alkanes of at least 4 members (excludes halogenated alkanes) is 1. The van der Waals surface area contributed by atoms with Crippen molar-refractivity contribution in [1.82, 2.24) is 4.57 Å². The molecule has 38 heavy (non-hydrogen) atoms. The van der Waals surface area contributed by atoms with Crippen molar-refractivity contribution in [2.24, 2.45) is 7.05 Å². The molecule has 0 bridgehead atoms. The van der Waals surface area contributed by atoms with Gasteiger partial charge in [-0.3, -0.25) is 4.79 Å². The van der Waals surface area contributed by atoms with E-state index in [-0.39, 0.29) is 11.3 Å². The van der Waals surface area contributed by atoms with Gasteiger partial charge in [-0.15, -0.1) is 0 Å². The van der Waals surface area contributed by atoms with Crippen molar-refractivity contribution in [3.05, 3.63) is 149 Å². The van der Waals surface area contributed by atoms with E-state index in [2.05, 4.69) is 95.9 Å². The number of hydrogen-bond acceptors (Lipinski definition) is 1. The summed E-state index contributed by atoms with van der Waals surface area (Å²) in [7, 11) is 2.17. The molecule has 0 unspecified atom stereocenters. The Kier molecular flexibility index (Phi) is 6.43. The maximum atomic E-state index is 12.4. The monoisotopic (exact) mass is 496 g/mol. The lowest BCUT2D eigenvalue weighted by Gasteiger charge is -2.33. The molecule has 1 amide bonds. The third kappa shape index (κ3) is 4.24. The van der Waals surface area contributed by atoms with Gasteiger partial charge in [0.05, 0.1) is 5.41 Å². The fourth-order valence-electron chi connectivity index (χ4n) is 6.17. The first kappa shape index (κ1) is 24.0. The van der Waals surface area contributed by atoms with E-state index in [1.807, 2.05) is 42.5 Å². The van der Waals surface area contributed by atoms with Crippen molar-refractivity contribution in [2.45, 2.75) is 31.1 Å². The molecule has 3 heteroatoms. The van der Waals surface area contributed by atoms with Crippen molar-refractivity contribution in [2.75, 3.05) is 5.32 Å². The Morgan fingerprint density at radius 3 is 1.97 bits per heavy atom. The largest absolute Gasteiger partial charge is 0.353 e. The van der Waals surface area contributed by atoms with E-state index in [0.29, 0.717) is 5.56 Å². The summed E-state index contributed by atoms with van der Waals surface area (Å²) in [6.45, 7) is 0. The van der Waals surface area contributed by atoms with Gasteiger partial charge in [0, 0.05) is 30.2 Å². The van der Waals surface area contributed by atoms with Crippen LogP contribution in [0, 0.1) is 0 Å². The van der Waals surface area contributed by atoms with E-state index in [4.69, 9.17) is 0 Å². The van der Waals surface area contributed by atoms with Crippen LogP contribution in [-0.2, 0) is 18.9 Å². The Morgan fingerprint density at radius 2 is 1.34 bits per heavy atom. The van der Waals surface area contributed by atoms with E-state index in [0.717, 1.165) is 31.4 Å². The number of carbonyl (C=O) groups excluding carboxylic acids is 1. The zero-order chi connectivity index (χ0) is 26.0. The minimum atomic E-state index is -0.142. The van der Waals surface area contributed by atoms with Gasteiger partial charge in [-0.25, -0.2) is 0 Å². The van der Waals surface area contributed by atoms with E-state index >= 15 is 0 Å². The van der Waals surface area contributed by atoms with E-state index in [1.165, 1.54) is 33.5 Å². The lowest BCUT2D eigenvalue weighted by atomic mass is 9.71. The van der Waals surface area contributed by atoms with Crippen LogP contribution in [0.1, 0.15) is 52.0 Å². The van der Waals surface area contributed by atoms with Gasteiger partial charge in [0.2, 0.25) is 0 Å². The maximum absolute atomic E-state index is 12.4. The Balaban J connectivity index is 1.18. The average molecular weight is 497 g/mol. The number of aromatic nitrogens is 1. The molecule has 0 radical (unpaired) electrons. The summed E-state index contributed by atoms with van der Waals surface area (Å²) in [6, 6.07) is 39.9. The van der Waals surface area contributed by atoms with Gasteiger partial charge in [-0.1, -0.05) is 85.3 Å². The van der Waals surface area contributed by atoms with Crippen LogP contribution in [-0.4, -0.2) is 10.5 Å². The highest BCUT2D eigenvalue weighted by Crippen LogP contribution is 2.54. The highest BCUT2D eigenvalue weighted by molar-refractivity contribution is 6.04. The topological polar surface area (TPSA) is 34.0 Å². The minimum absolute atomic E-state index is 0.0820. The van der Waals surface area contributed by atoms with Crippen LogP contribution >= 0.6 is 0 Å². The van der Waals surface area contributed by atoms with Gasteiger partial charge < -0.3 is 9.88 Å². The van der Waals surface area contributed by atoms with Crippen LogP contribution in [0.25, 0.3) is 11.1 Å². The minimum Gasteiger partial charge on any atom is -0.353 e. The second-order valence-electron chi connectivity index (χ2n) is 10.2. The van der Waals surface area contributed by atoms with Crippen LogP contribution in [0.3, 0.4) is 0 Å². The number of hydrogen-bond donors (Lipinski definition) is 1. The molecular weight excluding hydrogens is 464 g/mol. The quantitative estimate of drug-likeness (QED) is 0.217. The van der Waals surface area contributed by atoms with Crippen molar-refractivity contribution in [1.29, 1.82) is 0 Å². The average Bonchev–Trinajstić information content (AvgIpc) is 3.52. The smallest absolute Gasteiger partial charge is 0.255 e. The Labute approximate surface area is 224 Å². The molecule has 5 aromatic rings. The molecule has 3 nitrogen and oxygen atoms in total. The standard InChI is InChI=1S/C35H32N2O/c1-37-25-11-19-33(37)35(31-17-7-5-15-29(31)30-16-6-8-18-32(30)35)24-10-9-12-26-20-22-28(23-21-26)36-34(38)27-13-3-2-4-14-27/h2-8,11,13-23,25H,9-10,12,24H2,1H3,(H,36,38). The molecular formula is C35H32N2O. The number of fused-ring (bicyclic) bond motifs is 3. The summed E-state index contributed by atoms with van der Waals surface area (Å²) in [5.74, 6) is -0.0820. The molecule has 1 heterocycles. The van der Waals surface area contributed by atoms with Crippen molar-refractivity contribution in [3.8, 4) is 11.1 Å². The second-order valence-corrected chi connectivity index (χ2v) is 10.2. The Morgan fingerprint density at radius 1 is 0.711 bits per heavy atom. The number of aryl methyl sites for hydroxylation is 2. The maximum Gasteiger partial charge on any atom is 0.255 e. The number of anilines is 1.